The van der Waals surface area contributed by atoms with Crippen LogP contribution < -0.4 is 9.80 Å². The van der Waals surface area contributed by atoms with Gasteiger partial charge in [-0.1, -0.05) is 0 Å². The maximum absolute atomic E-state index is 11.9. The molecule has 0 saturated carbocycles. The van der Waals surface area contributed by atoms with E-state index >= 15 is 0 Å². The number of carbonyl (C=O) groups is 2. The SMILES string of the molecule is Cc1cc2c(cc1C)N(C(=O)CCl)CCN2C(=O)CCl. The minimum atomic E-state index is -0.158. The number of fused-ring (bicyclic) bond motifs is 1. The zero-order valence-corrected chi connectivity index (χ0v) is 13.0. The van der Waals surface area contributed by atoms with E-state index in [-0.39, 0.29) is 23.6 Å². The van der Waals surface area contributed by atoms with Crippen LogP contribution in [0.2, 0.25) is 0 Å². The van der Waals surface area contributed by atoms with Gasteiger partial charge in [-0.25, -0.2) is 0 Å². The van der Waals surface area contributed by atoms with Gasteiger partial charge in [-0.3, -0.25) is 9.59 Å². The lowest BCUT2D eigenvalue weighted by Gasteiger charge is -2.36. The van der Waals surface area contributed by atoms with E-state index in [9.17, 15) is 9.59 Å². The second kappa shape index (κ2) is 6.02. The van der Waals surface area contributed by atoms with Gasteiger partial charge in [-0.2, -0.15) is 0 Å². The quantitative estimate of drug-likeness (QED) is 0.787. The molecule has 20 heavy (non-hydrogen) atoms. The molecule has 0 aliphatic carbocycles. The van der Waals surface area contributed by atoms with E-state index in [0.717, 1.165) is 22.5 Å². The molecule has 0 radical (unpaired) electrons. The molecule has 0 atom stereocenters. The summed E-state index contributed by atoms with van der Waals surface area (Å²) in [7, 11) is 0. The minimum Gasteiger partial charge on any atom is -0.308 e. The Hall–Kier alpha value is -1.26. The van der Waals surface area contributed by atoms with Gasteiger partial charge in [0.05, 0.1) is 11.4 Å². The van der Waals surface area contributed by atoms with E-state index in [2.05, 4.69) is 0 Å². The highest BCUT2D eigenvalue weighted by Crippen LogP contribution is 2.35. The third-order valence-electron chi connectivity index (χ3n) is 3.55. The number of rotatable bonds is 2. The zero-order chi connectivity index (χ0) is 14.9. The standard InChI is InChI=1S/C14H16Cl2N2O2/c1-9-5-11-12(6-10(9)2)18(14(20)8-16)4-3-17(11)13(19)7-15/h5-6H,3-4,7-8H2,1-2H3. The fraction of sp³-hybridized carbons (Fsp3) is 0.429. The topological polar surface area (TPSA) is 40.6 Å². The van der Waals surface area contributed by atoms with Gasteiger partial charge in [0, 0.05) is 13.1 Å². The first kappa shape index (κ1) is 15.1. The van der Waals surface area contributed by atoms with Crippen LogP contribution in [-0.2, 0) is 9.59 Å². The molecule has 0 bridgehead atoms. The van der Waals surface area contributed by atoms with Gasteiger partial charge in [0.2, 0.25) is 11.8 Å². The van der Waals surface area contributed by atoms with Crippen molar-refractivity contribution in [2.75, 3.05) is 34.6 Å². The Bertz CT molecular complexity index is 511. The van der Waals surface area contributed by atoms with E-state index < -0.39 is 0 Å². The molecule has 1 heterocycles. The number of nitrogens with zero attached hydrogens (tertiary/aromatic N) is 2. The van der Waals surface area contributed by atoms with E-state index in [1.165, 1.54) is 0 Å². The first-order chi connectivity index (χ1) is 9.49. The first-order valence-electron chi connectivity index (χ1n) is 6.33. The molecular formula is C14H16Cl2N2O2. The van der Waals surface area contributed by atoms with Crippen LogP contribution in [0.15, 0.2) is 12.1 Å². The summed E-state index contributed by atoms with van der Waals surface area (Å²) in [5.41, 5.74) is 3.58. The molecule has 0 saturated heterocycles. The summed E-state index contributed by atoms with van der Waals surface area (Å²) < 4.78 is 0. The zero-order valence-electron chi connectivity index (χ0n) is 11.4. The van der Waals surface area contributed by atoms with Crippen LogP contribution in [0, 0.1) is 13.8 Å². The Morgan fingerprint density at radius 1 is 0.950 bits per heavy atom. The fourth-order valence-electron chi connectivity index (χ4n) is 2.32. The maximum atomic E-state index is 11.9. The van der Waals surface area contributed by atoms with Crippen molar-refractivity contribution in [3.05, 3.63) is 23.3 Å². The molecule has 0 unspecified atom stereocenters. The number of alkyl halides is 2. The maximum Gasteiger partial charge on any atom is 0.242 e. The van der Waals surface area contributed by atoms with Crippen molar-refractivity contribution < 1.29 is 9.59 Å². The summed E-state index contributed by atoms with van der Waals surface area (Å²) in [6.45, 7) is 4.82. The number of aryl methyl sites for hydroxylation is 2. The van der Waals surface area contributed by atoms with Gasteiger partial charge < -0.3 is 9.80 Å². The van der Waals surface area contributed by atoms with Crippen LogP contribution >= 0.6 is 23.2 Å². The van der Waals surface area contributed by atoms with Crippen molar-refractivity contribution in [3.63, 3.8) is 0 Å². The lowest BCUT2D eigenvalue weighted by Crippen LogP contribution is -2.47. The molecule has 108 valence electrons. The summed E-state index contributed by atoms with van der Waals surface area (Å²) in [5.74, 6) is -0.464. The molecule has 2 rings (SSSR count). The smallest absolute Gasteiger partial charge is 0.242 e. The molecule has 0 fully saturated rings. The summed E-state index contributed by atoms with van der Waals surface area (Å²) >= 11 is 11.3. The van der Waals surface area contributed by atoms with Gasteiger partial charge in [0.15, 0.2) is 0 Å². The number of anilines is 2. The first-order valence-corrected chi connectivity index (χ1v) is 7.40. The third-order valence-corrected chi connectivity index (χ3v) is 4.01. The second-order valence-electron chi connectivity index (χ2n) is 4.78. The molecule has 0 spiro atoms. The Balaban J connectivity index is 2.53. The van der Waals surface area contributed by atoms with Crippen LogP contribution in [-0.4, -0.2) is 36.7 Å². The Morgan fingerprint density at radius 3 is 1.60 bits per heavy atom. The highest BCUT2D eigenvalue weighted by molar-refractivity contribution is 6.31. The van der Waals surface area contributed by atoms with Crippen molar-refractivity contribution >= 4 is 46.4 Å². The van der Waals surface area contributed by atoms with Crippen LogP contribution in [0.1, 0.15) is 11.1 Å². The normalized spacial score (nSPS) is 14.2. The monoisotopic (exact) mass is 314 g/mol. The van der Waals surface area contributed by atoms with Gasteiger partial charge in [0.25, 0.3) is 0 Å². The van der Waals surface area contributed by atoms with Gasteiger partial charge >= 0.3 is 0 Å². The highest BCUT2D eigenvalue weighted by Gasteiger charge is 2.29. The van der Waals surface area contributed by atoms with Crippen molar-refractivity contribution in [2.24, 2.45) is 0 Å². The van der Waals surface area contributed by atoms with Crippen molar-refractivity contribution in [1.82, 2.24) is 0 Å². The minimum absolute atomic E-state index is 0.0736. The lowest BCUT2D eigenvalue weighted by molar-refractivity contribution is -0.118. The molecule has 1 aromatic carbocycles. The second-order valence-corrected chi connectivity index (χ2v) is 5.32. The third kappa shape index (κ3) is 2.63. The molecular weight excluding hydrogens is 299 g/mol. The molecule has 1 aliphatic heterocycles. The highest BCUT2D eigenvalue weighted by atomic mass is 35.5. The summed E-state index contributed by atoms with van der Waals surface area (Å²) in [5, 5.41) is 0. The largest absolute Gasteiger partial charge is 0.308 e. The summed E-state index contributed by atoms with van der Waals surface area (Å²) in [4.78, 5) is 27.1. The van der Waals surface area contributed by atoms with Gasteiger partial charge in [0.1, 0.15) is 11.8 Å². The number of halogens is 2. The molecule has 1 aromatic rings. The number of amides is 2. The lowest BCUT2D eigenvalue weighted by atomic mass is 10.0. The van der Waals surface area contributed by atoms with Crippen LogP contribution in [0.5, 0.6) is 0 Å². The fourth-order valence-corrected chi connectivity index (χ4v) is 2.61. The van der Waals surface area contributed by atoms with Gasteiger partial charge in [-0.15, -0.1) is 23.2 Å². The average molecular weight is 315 g/mol. The van der Waals surface area contributed by atoms with E-state index in [4.69, 9.17) is 23.2 Å². The number of carbonyl (C=O) groups excluding carboxylic acids is 2. The molecule has 0 aromatic heterocycles. The average Bonchev–Trinajstić information content (AvgIpc) is 2.46. The summed E-state index contributed by atoms with van der Waals surface area (Å²) in [6, 6.07) is 3.84. The van der Waals surface area contributed by atoms with Crippen molar-refractivity contribution in [1.29, 1.82) is 0 Å². The number of benzene rings is 1. The summed E-state index contributed by atoms with van der Waals surface area (Å²) in [6.07, 6.45) is 0. The molecule has 2 amide bonds. The molecule has 1 aliphatic rings. The van der Waals surface area contributed by atoms with Crippen molar-refractivity contribution in [3.8, 4) is 0 Å². The van der Waals surface area contributed by atoms with E-state index in [0.29, 0.717) is 13.1 Å². The number of hydrogen-bond acceptors (Lipinski definition) is 2. The Labute approximate surface area is 128 Å². The van der Waals surface area contributed by atoms with E-state index in [1.54, 1.807) is 9.80 Å². The Kier molecular flexibility index (Phi) is 4.55. The van der Waals surface area contributed by atoms with Crippen LogP contribution in [0.4, 0.5) is 11.4 Å². The molecule has 4 nitrogen and oxygen atoms in total. The predicted octanol–water partition coefficient (Wildman–Crippen LogP) is 2.46. The van der Waals surface area contributed by atoms with Crippen LogP contribution in [0.3, 0.4) is 0 Å². The van der Waals surface area contributed by atoms with Crippen molar-refractivity contribution in [2.45, 2.75) is 13.8 Å². The molecule has 0 N–H and O–H groups in total. The van der Waals surface area contributed by atoms with Crippen LogP contribution in [0.25, 0.3) is 0 Å². The molecule has 6 heteroatoms. The Morgan fingerprint density at radius 2 is 1.30 bits per heavy atom. The van der Waals surface area contributed by atoms with Gasteiger partial charge in [-0.05, 0) is 37.1 Å². The predicted molar refractivity (Wildman–Crippen MR) is 82.1 cm³/mol. The number of hydrogen-bond donors (Lipinski definition) is 0. The van der Waals surface area contributed by atoms with E-state index in [1.807, 2.05) is 26.0 Å².